The Labute approximate surface area is 307 Å². The molecule has 0 N–H and O–H groups in total. The molecule has 1 nitrogen and oxygen atoms in total. The Bertz CT molecular complexity index is 2610. The molecule has 0 saturated carbocycles. The molecule has 0 aliphatic heterocycles. The largest absolute Gasteiger partial charge is 0.310 e. The van der Waals surface area contributed by atoms with Crippen LogP contribution in [0.5, 0.6) is 0 Å². The van der Waals surface area contributed by atoms with Gasteiger partial charge >= 0.3 is 0 Å². The molecule has 9 rings (SSSR count). The average Bonchev–Trinajstić information content (AvgIpc) is 3.42. The van der Waals surface area contributed by atoms with Crippen LogP contribution in [0, 0.1) is 13.8 Å². The van der Waals surface area contributed by atoms with Crippen LogP contribution in [0.1, 0.15) is 36.1 Å². The molecule has 52 heavy (non-hydrogen) atoms. The number of aryl methyl sites for hydroxylation is 2. The van der Waals surface area contributed by atoms with E-state index in [4.69, 9.17) is 0 Å². The van der Waals surface area contributed by atoms with E-state index in [2.05, 4.69) is 209 Å². The summed E-state index contributed by atoms with van der Waals surface area (Å²) < 4.78 is 0. The maximum atomic E-state index is 2.45. The Balaban J connectivity index is 1.23. The maximum Gasteiger partial charge on any atom is 0.0540 e. The van der Waals surface area contributed by atoms with Crippen LogP contribution in [0.2, 0.25) is 0 Å². The SMILES string of the molecule is Cc1ccccc1-c1c(-c2ccc(N(c3ccc4c(c3)C(C)(C)c3cccc(C)c3-4)c3ccccc3-c3ccccc3)cc2)ccc2ccccc12. The van der Waals surface area contributed by atoms with Gasteiger partial charge in [0, 0.05) is 22.4 Å². The van der Waals surface area contributed by atoms with Gasteiger partial charge in [-0.25, -0.2) is 0 Å². The van der Waals surface area contributed by atoms with E-state index in [0.29, 0.717) is 0 Å². The van der Waals surface area contributed by atoms with Crippen LogP contribution in [0.15, 0.2) is 176 Å². The molecule has 0 spiro atoms. The highest BCUT2D eigenvalue weighted by atomic mass is 15.1. The molecule has 0 amide bonds. The molecule has 250 valence electrons. The highest BCUT2D eigenvalue weighted by Crippen LogP contribution is 2.52. The van der Waals surface area contributed by atoms with Crippen molar-refractivity contribution in [3.05, 3.63) is 198 Å². The van der Waals surface area contributed by atoms with Gasteiger partial charge in [-0.2, -0.15) is 0 Å². The quantitative estimate of drug-likeness (QED) is 0.171. The molecule has 0 aromatic heterocycles. The zero-order valence-electron chi connectivity index (χ0n) is 30.2. The molecule has 0 radical (unpaired) electrons. The van der Waals surface area contributed by atoms with Gasteiger partial charge in [-0.3, -0.25) is 0 Å². The van der Waals surface area contributed by atoms with E-state index in [9.17, 15) is 0 Å². The number of fused-ring (bicyclic) bond motifs is 4. The van der Waals surface area contributed by atoms with Crippen molar-refractivity contribution in [2.75, 3.05) is 4.90 Å². The minimum absolute atomic E-state index is 0.108. The highest BCUT2D eigenvalue weighted by Gasteiger charge is 2.36. The summed E-state index contributed by atoms with van der Waals surface area (Å²) >= 11 is 0. The fourth-order valence-corrected chi connectivity index (χ4v) is 8.50. The molecular formula is C51H41N. The van der Waals surface area contributed by atoms with Crippen molar-refractivity contribution < 1.29 is 0 Å². The molecular weight excluding hydrogens is 627 g/mol. The van der Waals surface area contributed by atoms with Crippen molar-refractivity contribution in [2.45, 2.75) is 33.1 Å². The van der Waals surface area contributed by atoms with E-state index >= 15 is 0 Å². The fourth-order valence-electron chi connectivity index (χ4n) is 8.50. The third kappa shape index (κ3) is 5.16. The van der Waals surface area contributed by atoms with E-state index in [1.54, 1.807) is 0 Å². The van der Waals surface area contributed by atoms with E-state index in [1.165, 1.54) is 77.5 Å². The molecule has 1 aliphatic rings. The van der Waals surface area contributed by atoms with Crippen LogP contribution in [-0.4, -0.2) is 0 Å². The molecule has 8 aromatic carbocycles. The minimum atomic E-state index is -0.108. The number of hydrogen-bond acceptors (Lipinski definition) is 1. The van der Waals surface area contributed by atoms with Crippen LogP contribution in [0.4, 0.5) is 17.1 Å². The van der Waals surface area contributed by atoms with Gasteiger partial charge in [0.25, 0.3) is 0 Å². The predicted octanol–water partition coefficient (Wildman–Crippen LogP) is 14.2. The molecule has 0 bridgehead atoms. The second-order valence-corrected chi connectivity index (χ2v) is 14.6. The van der Waals surface area contributed by atoms with Crippen LogP contribution in [0.25, 0.3) is 55.3 Å². The van der Waals surface area contributed by atoms with Crippen LogP contribution < -0.4 is 4.90 Å². The molecule has 1 heteroatoms. The van der Waals surface area contributed by atoms with E-state index in [0.717, 1.165) is 17.1 Å². The summed E-state index contributed by atoms with van der Waals surface area (Å²) in [7, 11) is 0. The third-order valence-electron chi connectivity index (χ3n) is 11.2. The predicted molar refractivity (Wildman–Crippen MR) is 222 cm³/mol. The normalized spacial score (nSPS) is 12.8. The second-order valence-electron chi connectivity index (χ2n) is 14.6. The average molecular weight is 668 g/mol. The fraction of sp³-hybridized carbons (Fsp3) is 0.0980. The smallest absolute Gasteiger partial charge is 0.0540 e. The molecule has 0 saturated heterocycles. The number of nitrogens with zero attached hydrogens (tertiary/aromatic N) is 1. The molecule has 0 unspecified atom stereocenters. The van der Waals surface area contributed by atoms with E-state index < -0.39 is 0 Å². The minimum Gasteiger partial charge on any atom is -0.310 e. The van der Waals surface area contributed by atoms with Crippen LogP contribution in [0.3, 0.4) is 0 Å². The van der Waals surface area contributed by atoms with Crippen LogP contribution in [-0.2, 0) is 5.41 Å². The zero-order chi connectivity index (χ0) is 35.4. The summed E-state index contributed by atoms with van der Waals surface area (Å²) in [5.74, 6) is 0. The Kier molecular flexibility index (Phi) is 7.67. The lowest BCUT2D eigenvalue weighted by atomic mass is 9.82. The first-order chi connectivity index (χ1) is 25.4. The van der Waals surface area contributed by atoms with Crippen molar-refractivity contribution >= 4 is 27.8 Å². The summed E-state index contributed by atoms with van der Waals surface area (Å²) in [4.78, 5) is 2.45. The highest BCUT2D eigenvalue weighted by molar-refractivity contribution is 6.05. The van der Waals surface area contributed by atoms with Crippen molar-refractivity contribution in [3.63, 3.8) is 0 Å². The first-order valence-corrected chi connectivity index (χ1v) is 18.3. The number of rotatable bonds is 6. The Morgan fingerprint density at radius 1 is 0.404 bits per heavy atom. The molecule has 8 aromatic rings. The second kappa shape index (κ2) is 12.5. The lowest BCUT2D eigenvalue weighted by Gasteiger charge is -2.30. The monoisotopic (exact) mass is 667 g/mol. The summed E-state index contributed by atoms with van der Waals surface area (Å²) in [5, 5.41) is 2.52. The van der Waals surface area contributed by atoms with Gasteiger partial charge in [0.05, 0.1) is 5.69 Å². The standard InChI is InChI=1S/C51H41N/c1-34-15-8-10-20-41(34)50-43-22-11-9-19-37(43)27-31-44(50)38-25-28-39(29-26-38)52(48-24-13-12-21-42(48)36-17-6-5-7-18-36)40-30-32-45-47(33-40)51(3,4)46-23-14-16-35(2)49(45)46/h5-33H,1-4H3. The van der Waals surface area contributed by atoms with Crippen LogP contribution >= 0.6 is 0 Å². The third-order valence-corrected chi connectivity index (χ3v) is 11.2. The summed E-state index contributed by atoms with van der Waals surface area (Å²) in [6.45, 7) is 9.19. The van der Waals surface area contributed by atoms with E-state index in [1.807, 2.05) is 0 Å². The number of para-hydroxylation sites is 1. The van der Waals surface area contributed by atoms with Crippen molar-refractivity contribution in [1.82, 2.24) is 0 Å². The van der Waals surface area contributed by atoms with Crippen molar-refractivity contribution in [3.8, 4) is 44.5 Å². The van der Waals surface area contributed by atoms with Gasteiger partial charge in [0.2, 0.25) is 0 Å². The van der Waals surface area contributed by atoms with Gasteiger partial charge in [0.1, 0.15) is 0 Å². The molecule has 0 atom stereocenters. The molecule has 0 heterocycles. The molecule has 0 fully saturated rings. The van der Waals surface area contributed by atoms with Gasteiger partial charge in [-0.15, -0.1) is 0 Å². The topological polar surface area (TPSA) is 3.24 Å². The summed E-state index contributed by atoms with van der Waals surface area (Å²) in [6.07, 6.45) is 0. The maximum absolute atomic E-state index is 2.45. The Morgan fingerprint density at radius 3 is 1.85 bits per heavy atom. The lowest BCUT2D eigenvalue weighted by Crippen LogP contribution is -2.17. The van der Waals surface area contributed by atoms with Crippen molar-refractivity contribution in [1.29, 1.82) is 0 Å². The molecule has 1 aliphatic carbocycles. The van der Waals surface area contributed by atoms with Gasteiger partial charge in [-0.05, 0) is 116 Å². The zero-order valence-corrected chi connectivity index (χ0v) is 30.2. The summed E-state index contributed by atoms with van der Waals surface area (Å²) in [5.41, 5.74) is 18.8. The van der Waals surface area contributed by atoms with Crippen molar-refractivity contribution in [2.24, 2.45) is 0 Å². The number of anilines is 3. The Morgan fingerprint density at radius 2 is 1.04 bits per heavy atom. The first-order valence-electron chi connectivity index (χ1n) is 18.3. The lowest BCUT2D eigenvalue weighted by molar-refractivity contribution is 0.660. The number of hydrogen-bond donors (Lipinski definition) is 0. The van der Waals surface area contributed by atoms with Gasteiger partial charge in [0.15, 0.2) is 0 Å². The summed E-state index contributed by atoms with van der Waals surface area (Å²) in [6, 6.07) is 64.6. The van der Waals surface area contributed by atoms with Gasteiger partial charge in [-0.1, -0.05) is 159 Å². The number of benzene rings is 8. The van der Waals surface area contributed by atoms with Gasteiger partial charge < -0.3 is 4.90 Å². The first kappa shape index (κ1) is 31.8. The Hall–Kier alpha value is -6.18. The van der Waals surface area contributed by atoms with E-state index in [-0.39, 0.29) is 5.41 Å².